The summed E-state index contributed by atoms with van der Waals surface area (Å²) in [5.41, 5.74) is 7.81. The standard InChI is InChI=1S/C20H22N2O/c21-19(23)11-12-20(13-14-20)22(15-17-7-3-1-4-8-17)16-18-9-5-2-6-10-18/h1-12H,13-16H2,(H2,21,23). The largest absolute Gasteiger partial charge is 0.366 e. The summed E-state index contributed by atoms with van der Waals surface area (Å²) in [7, 11) is 0. The lowest BCUT2D eigenvalue weighted by Crippen LogP contribution is -2.35. The maximum absolute atomic E-state index is 11.1. The van der Waals surface area contributed by atoms with E-state index in [0.717, 1.165) is 25.9 Å². The van der Waals surface area contributed by atoms with Crippen LogP contribution in [0.4, 0.5) is 0 Å². The zero-order valence-corrected chi connectivity index (χ0v) is 13.2. The van der Waals surface area contributed by atoms with Crippen LogP contribution in [0.15, 0.2) is 72.8 Å². The molecule has 0 heterocycles. The third-order valence-electron chi connectivity index (χ3n) is 4.38. The molecule has 1 aliphatic rings. The van der Waals surface area contributed by atoms with E-state index in [9.17, 15) is 4.79 Å². The van der Waals surface area contributed by atoms with Gasteiger partial charge in [-0.25, -0.2) is 0 Å². The van der Waals surface area contributed by atoms with Crippen molar-refractivity contribution in [3.05, 3.63) is 83.9 Å². The molecule has 0 unspecified atom stereocenters. The van der Waals surface area contributed by atoms with E-state index in [-0.39, 0.29) is 11.4 Å². The van der Waals surface area contributed by atoms with Crippen LogP contribution in [0.1, 0.15) is 24.0 Å². The molecule has 1 fully saturated rings. The molecule has 0 radical (unpaired) electrons. The lowest BCUT2D eigenvalue weighted by atomic mass is 10.1. The Morgan fingerprint density at radius 1 is 0.957 bits per heavy atom. The SMILES string of the molecule is NC(=O)C=CC1(N(Cc2ccccc2)Cc2ccccc2)CC1. The highest BCUT2D eigenvalue weighted by atomic mass is 16.1. The minimum Gasteiger partial charge on any atom is -0.366 e. The van der Waals surface area contributed by atoms with Crippen LogP contribution in [0, 0.1) is 0 Å². The first-order valence-electron chi connectivity index (χ1n) is 8.00. The van der Waals surface area contributed by atoms with Gasteiger partial charge in [-0.2, -0.15) is 0 Å². The maximum atomic E-state index is 11.1. The molecule has 1 aliphatic carbocycles. The van der Waals surface area contributed by atoms with E-state index in [1.54, 1.807) is 0 Å². The number of primary amides is 1. The molecule has 0 saturated heterocycles. The van der Waals surface area contributed by atoms with E-state index in [4.69, 9.17) is 5.73 Å². The summed E-state index contributed by atoms with van der Waals surface area (Å²) >= 11 is 0. The summed E-state index contributed by atoms with van der Waals surface area (Å²) in [6.45, 7) is 1.72. The van der Waals surface area contributed by atoms with Crippen molar-refractivity contribution in [3.63, 3.8) is 0 Å². The van der Waals surface area contributed by atoms with E-state index in [1.807, 2.05) is 18.2 Å². The number of carbonyl (C=O) groups excluding carboxylic acids is 1. The van der Waals surface area contributed by atoms with Crippen molar-refractivity contribution in [2.45, 2.75) is 31.5 Å². The van der Waals surface area contributed by atoms with E-state index in [1.165, 1.54) is 17.2 Å². The van der Waals surface area contributed by atoms with Crippen molar-refractivity contribution >= 4 is 5.91 Å². The Bertz CT molecular complexity index is 634. The van der Waals surface area contributed by atoms with Gasteiger partial charge in [0, 0.05) is 24.7 Å². The molecule has 1 amide bonds. The Morgan fingerprint density at radius 2 is 1.43 bits per heavy atom. The molecule has 1 saturated carbocycles. The van der Waals surface area contributed by atoms with Crippen LogP contribution in [-0.2, 0) is 17.9 Å². The number of hydrogen-bond donors (Lipinski definition) is 1. The van der Waals surface area contributed by atoms with Crippen LogP contribution in [0.2, 0.25) is 0 Å². The van der Waals surface area contributed by atoms with Gasteiger partial charge in [-0.1, -0.05) is 66.7 Å². The number of nitrogens with two attached hydrogens (primary N) is 1. The molecule has 0 bridgehead atoms. The first kappa shape index (κ1) is 15.5. The molecule has 3 nitrogen and oxygen atoms in total. The Morgan fingerprint density at radius 3 is 1.83 bits per heavy atom. The van der Waals surface area contributed by atoms with Crippen LogP contribution >= 0.6 is 0 Å². The van der Waals surface area contributed by atoms with Crippen LogP contribution in [0.25, 0.3) is 0 Å². The van der Waals surface area contributed by atoms with E-state index in [2.05, 4.69) is 53.4 Å². The van der Waals surface area contributed by atoms with Gasteiger partial charge >= 0.3 is 0 Å². The van der Waals surface area contributed by atoms with Crippen molar-refractivity contribution < 1.29 is 4.79 Å². The molecule has 0 spiro atoms. The molecule has 0 aromatic heterocycles. The van der Waals surface area contributed by atoms with Crippen LogP contribution < -0.4 is 5.73 Å². The lowest BCUT2D eigenvalue weighted by Gasteiger charge is -2.30. The average molecular weight is 306 g/mol. The molecule has 2 N–H and O–H groups in total. The second-order valence-electron chi connectivity index (χ2n) is 6.17. The smallest absolute Gasteiger partial charge is 0.241 e. The van der Waals surface area contributed by atoms with Crippen molar-refractivity contribution in [2.75, 3.05) is 0 Å². The summed E-state index contributed by atoms with van der Waals surface area (Å²) in [5.74, 6) is -0.379. The molecule has 23 heavy (non-hydrogen) atoms. The minimum atomic E-state index is -0.379. The highest BCUT2D eigenvalue weighted by Gasteiger charge is 2.45. The van der Waals surface area contributed by atoms with Gasteiger partial charge < -0.3 is 5.73 Å². The number of carbonyl (C=O) groups is 1. The quantitative estimate of drug-likeness (QED) is 0.798. The lowest BCUT2D eigenvalue weighted by molar-refractivity contribution is -0.113. The van der Waals surface area contributed by atoms with E-state index >= 15 is 0 Å². The Labute approximate surface area is 137 Å². The summed E-state index contributed by atoms with van der Waals surface area (Å²) in [6.07, 6.45) is 5.63. The maximum Gasteiger partial charge on any atom is 0.241 e. The predicted octanol–water partition coefficient (Wildman–Crippen LogP) is 3.26. The van der Waals surface area contributed by atoms with Crippen molar-refractivity contribution in [1.82, 2.24) is 4.90 Å². The molecule has 118 valence electrons. The number of rotatable bonds is 7. The monoisotopic (exact) mass is 306 g/mol. The Kier molecular flexibility index (Phi) is 4.58. The zero-order valence-electron chi connectivity index (χ0n) is 13.2. The molecule has 0 aliphatic heterocycles. The van der Waals surface area contributed by atoms with Gasteiger partial charge in [0.05, 0.1) is 0 Å². The second kappa shape index (κ2) is 6.80. The van der Waals surface area contributed by atoms with Gasteiger partial charge in [0.15, 0.2) is 0 Å². The third kappa shape index (κ3) is 4.08. The Hall–Kier alpha value is -2.39. The fourth-order valence-electron chi connectivity index (χ4n) is 2.93. The fourth-order valence-corrected chi connectivity index (χ4v) is 2.93. The summed E-state index contributed by atoms with van der Waals surface area (Å²) < 4.78 is 0. The average Bonchev–Trinajstić information content (AvgIpc) is 3.36. The zero-order chi connectivity index (χ0) is 16.1. The fraction of sp³-hybridized carbons (Fsp3) is 0.250. The van der Waals surface area contributed by atoms with E-state index < -0.39 is 0 Å². The van der Waals surface area contributed by atoms with Crippen molar-refractivity contribution in [2.24, 2.45) is 5.73 Å². The first-order chi connectivity index (χ1) is 11.2. The highest BCUT2D eigenvalue weighted by Crippen LogP contribution is 2.44. The summed E-state index contributed by atoms with van der Waals surface area (Å²) in [5, 5.41) is 0. The first-order valence-corrected chi connectivity index (χ1v) is 8.00. The van der Waals surface area contributed by atoms with Crippen molar-refractivity contribution in [3.8, 4) is 0 Å². The third-order valence-corrected chi connectivity index (χ3v) is 4.38. The molecule has 2 aromatic rings. The highest BCUT2D eigenvalue weighted by molar-refractivity contribution is 5.86. The molecule has 0 atom stereocenters. The van der Waals surface area contributed by atoms with Gasteiger partial charge in [0.2, 0.25) is 5.91 Å². The normalized spacial score (nSPS) is 15.9. The van der Waals surface area contributed by atoms with Crippen LogP contribution in [-0.4, -0.2) is 16.3 Å². The Balaban J connectivity index is 1.83. The topological polar surface area (TPSA) is 46.3 Å². The van der Waals surface area contributed by atoms with Crippen molar-refractivity contribution in [1.29, 1.82) is 0 Å². The van der Waals surface area contributed by atoms with Gasteiger partial charge in [0.1, 0.15) is 0 Å². The van der Waals surface area contributed by atoms with Gasteiger partial charge in [-0.3, -0.25) is 9.69 Å². The molecular weight excluding hydrogens is 284 g/mol. The second-order valence-corrected chi connectivity index (χ2v) is 6.17. The molecular formula is C20H22N2O. The van der Waals surface area contributed by atoms with Gasteiger partial charge in [-0.15, -0.1) is 0 Å². The summed E-state index contributed by atoms with van der Waals surface area (Å²) in [6, 6.07) is 20.9. The number of benzene rings is 2. The minimum absolute atomic E-state index is 0.0410. The van der Waals surface area contributed by atoms with Crippen LogP contribution in [0.5, 0.6) is 0 Å². The molecule has 3 rings (SSSR count). The molecule has 3 heteroatoms. The number of amides is 1. The van der Waals surface area contributed by atoms with Crippen LogP contribution in [0.3, 0.4) is 0 Å². The molecule has 2 aromatic carbocycles. The van der Waals surface area contributed by atoms with E-state index in [0.29, 0.717) is 0 Å². The van der Waals surface area contributed by atoms with Gasteiger partial charge in [0.25, 0.3) is 0 Å². The summed E-state index contributed by atoms with van der Waals surface area (Å²) in [4.78, 5) is 13.6. The number of hydrogen-bond acceptors (Lipinski definition) is 2. The number of nitrogens with zero attached hydrogens (tertiary/aromatic N) is 1. The predicted molar refractivity (Wildman–Crippen MR) is 92.4 cm³/mol. The van der Waals surface area contributed by atoms with Gasteiger partial charge in [-0.05, 0) is 24.0 Å².